The van der Waals surface area contributed by atoms with Crippen molar-refractivity contribution in [2.45, 2.75) is 66.7 Å². The van der Waals surface area contributed by atoms with Crippen molar-refractivity contribution in [2.24, 2.45) is 11.3 Å². The first-order valence-electron chi connectivity index (χ1n) is 12.6. The van der Waals surface area contributed by atoms with Gasteiger partial charge in [-0.3, -0.25) is 19.4 Å². The minimum Gasteiger partial charge on any atom is -0.464 e. The van der Waals surface area contributed by atoms with Crippen molar-refractivity contribution in [2.75, 3.05) is 6.54 Å². The molecule has 0 radical (unpaired) electrons. The van der Waals surface area contributed by atoms with Crippen LogP contribution < -0.4 is 5.32 Å². The molecule has 3 rings (SSSR count). The number of carbonyl (C=O) groups excluding carboxylic acids is 3. The van der Waals surface area contributed by atoms with Crippen molar-refractivity contribution in [3.63, 3.8) is 0 Å². The number of benzene rings is 1. The molecule has 2 amide bonds. The van der Waals surface area contributed by atoms with Gasteiger partial charge in [-0.25, -0.2) is 0 Å². The number of esters is 1. The van der Waals surface area contributed by atoms with Gasteiger partial charge in [-0.2, -0.15) is 0 Å². The highest BCUT2D eigenvalue weighted by atomic mass is 16.5. The van der Waals surface area contributed by atoms with Gasteiger partial charge in [0.25, 0.3) is 0 Å². The van der Waals surface area contributed by atoms with Gasteiger partial charge in [0.2, 0.25) is 11.8 Å². The normalized spacial score (nSPS) is 12.4. The number of aromatic nitrogens is 1. The highest BCUT2D eigenvalue weighted by Crippen LogP contribution is 2.21. The number of hydrogen-bond donors (Lipinski definition) is 1. The number of furan rings is 1. The molecule has 2 heterocycles. The Morgan fingerprint density at radius 2 is 1.89 bits per heavy atom. The first kappa shape index (κ1) is 27.9. The third-order valence-corrected chi connectivity index (χ3v) is 5.61. The van der Waals surface area contributed by atoms with Crippen LogP contribution in [0.25, 0.3) is 11.0 Å². The minimum atomic E-state index is -1.03. The predicted molar refractivity (Wildman–Crippen MR) is 141 cm³/mol. The second-order valence-corrected chi connectivity index (χ2v) is 11.0. The van der Waals surface area contributed by atoms with Crippen molar-refractivity contribution in [3.05, 3.63) is 66.2 Å². The number of pyridine rings is 1. The summed E-state index contributed by atoms with van der Waals surface area (Å²) in [6.07, 6.45) is 4.84. The lowest BCUT2D eigenvalue weighted by Crippen LogP contribution is -2.50. The fraction of sp³-hybridized carbons (Fsp3) is 0.448. The smallest absolute Gasteiger partial charge is 0.308 e. The van der Waals surface area contributed by atoms with Crippen molar-refractivity contribution in [1.82, 2.24) is 15.2 Å². The maximum Gasteiger partial charge on any atom is 0.308 e. The van der Waals surface area contributed by atoms with Crippen LogP contribution in [0.1, 0.15) is 58.6 Å². The highest BCUT2D eigenvalue weighted by Gasteiger charge is 2.30. The molecule has 0 unspecified atom stereocenters. The largest absolute Gasteiger partial charge is 0.464 e. The third kappa shape index (κ3) is 9.04. The maximum atomic E-state index is 13.8. The van der Waals surface area contributed by atoms with Gasteiger partial charge in [-0.15, -0.1) is 0 Å². The molecule has 0 aliphatic carbocycles. The van der Waals surface area contributed by atoms with Gasteiger partial charge >= 0.3 is 5.97 Å². The van der Waals surface area contributed by atoms with Crippen LogP contribution in [-0.4, -0.2) is 40.3 Å². The molecular weight excluding hydrogens is 470 g/mol. The van der Waals surface area contributed by atoms with Crippen LogP contribution in [0, 0.1) is 11.3 Å². The first-order valence-corrected chi connectivity index (χ1v) is 12.6. The number of carbonyl (C=O) groups is 3. The van der Waals surface area contributed by atoms with E-state index >= 15 is 0 Å². The molecule has 0 aliphatic rings. The summed E-state index contributed by atoms with van der Waals surface area (Å²) in [5, 5.41) is 3.76. The Balaban J connectivity index is 1.78. The zero-order valence-corrected chi connectivity index (χ0v) is 22.3. The Labute approximate surface area is 218 Å². The molecule has 0 saturated heterocycles. The molecule has 0 spiro atoms. The lowest BCUT2D eigenvalue weighted by Gasteiger charge is -2.30. The summed E-state index contributed by atoms with van der Waals surface area (Å²) < 4.78 is 10.8. The lowest BCUT2D eigenvalue weighted by molar-refractivity contribution is -0.149. The summed E-state index contributed by atoms with van der Waals surface area (Å²) in [7, 11) is 0. The number of nitrogens with zero attached hydrogens (tertiary/aromatic N) is 2. The Kier molecular flexibility index (Phi) is 9.44. The van der Waals surface area contributed by atoms with E-state index in [0.717, 1.165) is 22.1 Å². The van der Waals surface area contributed by atoms with Crippen molar-refractivity contribution < 1.29 is 23.5 Å². The average molecular weight is 508 g/mol. The zero-order chi connectivity index (χ0) is 27.0. The summed E-state index contributed by atoms with van der Waals surface area (Å²) in [6, 6.07) is 10.2. The van der Waals surface area contributed by atoms with Crippen LogP contribution in [0.5, 0.6) is 0 Å². The van der Waals surface area contributed by atoms with Crippen LogP contribution in [0.3, 0.4) is 0 Å². The monoisotopic (exact) mass is 507 g/mol. The molecule has 37 heavy (non-hydrogen) atoms. The molecule has 8 nitrogen and oxygen atoms in total. The third-order valence-electron chi connectivity index (χ3n) is 5.61. The van der Waals surface area contributed by atoms with Gasteiger partial charge in [0.15, 0.2) is 0 Å². The van der Waals surface area contributed by atoms with E-state index in [0.29, 0.717) is 13.1 Å². The quantitative estimate of drug-likeness (QED) is 0.372. The molecule has 0 aliphatic heterocycles. The predicted octanol–water partition coefficient (Wildman–Crippen LogP) is 4.87. The van der Waals surface area contributed by atoms with E-state index < -0.39 is 12.0 Å². The molecule has 0 bridgehead atoms. The van der Waals surface area contributed by atoms with Gasteiger partial charge < -0.3 is 19.4 Å². The number of hydrogen-bond acceptors (Lipinski definition) is 6. The van der Waals surface area contributed by atoms with E-state index in [9.17, 15) is 14.4 Å². The van der Waals surface area contributed by atoms with E-state index in [2.05, 4.69) is 10.3 Å². The molecule has 2 aromatic heterocycles. The summed E-state index contributed by atoms with van der Waals surface area (Å²) in [6.45, 7) is 10.7. The van der Waals surface area contributed by atoms with Crippen molar-refractivity contribution in [3.8, 4) is 0 Å². The van der Waals surface area contributed by atoms with Crippen molar-refractivity contribution >= 4 is 28.8 Å². The van der Waals surface area contributed by atoms with E-state index in [-0.39, 0.29) is 42.6 Å². The van der Waals surface area contributed by atoms with Gasteiger partial charge in [-0.05, 0) is 41.2 Å². The summed E-state index contributed by atoms with van der Waals surface area (Å²) in [5.74, 6) is -0.982. The van der Waals surface area contributed by atoms with Crippen LogP contribution >= 0.6 is 0 Å². The number of rotatable bonds is 11. The maximum absolute atomic E-state index is 13.8. The van der Waals surface area contributed by atoms with Crippen LogP contribution in [0.2, 0.25) is 0 Å². The second kappa shape index (κ2) is 12.5. The van der Waals surface area contributed by atoms with Crippen LogP contribution in [-0.2, 0) is 32.3 Å². The molecule has 1 aromatic carbocycles. The molecular formula is C29H37N3O5. The topological polar surface area (TPSA) is 102 Å². The highest BCUT2D eigenvalue weighted by molar-refractivity contribution is 5.91. The summed E-state index contributed by atoms with van der Waals surface area (Å²) in [5.41, 5.74) is 2.18. The SMILES string of the molecule is CC(C)CN(Cc1ccc2occc2c1)C(=O)[C@H](CC(=O)OCc1cccnc1)NC(=O)CC(C)(C)C. The zero-order valence-electron chi connectivity index (χ0n) is 22.3. The van der Waals surface area contributed by atoms with E-state index in [1.54, 1.807) is 35.7 Å². The summed E-state index contributed by atoms with van der Waals surface area (Å²) in [4.78, 5) is 45.0. The molecule has 3 aromatic rings. The number of fused-ring (bicyclic) bond motifs is 1. The molecule has 0 saturated carbocycles. The van der Waals surface area contributed by atoms with Crippen molar-refractivity contribution in [1.29, 1.82) is 0 Å². The minimum absolute atomic E-state index is 0.0456. The van der Waals surface area contributed by atoms with E-state index in [1.807, 2.05) is 58.9 Å². The molecule has 198 valence electrons. The number of ether oxygens (including phenoxy) is 1. The Morgan fingerprint density at radius 3 is 2.57 bits per heavy atom. The van der Waals surface area contributed by atoms with Gasteiger partial charge in [0.05, 0.1) is 12.7 Å². The number of nitrogens with one attached hydrogen (secondary N) is 1. The summed E-state index contributed by atoms with van der Waals surface area (Å²) >= 11 is 0. The molecule has 1 atom stereocenters. The molecule has 1 N–H and O–H groups in total. The van der Waals surface area contributed by atoms with E-state index in [1.165, 1.54) is 0 Å². The van der Waals surface area contributed by atoms with Gasteiger partial charge in [-0.1, -0.05) is 46.8 Å². The molecule has 8 heteroatoms. The average Bonchev–Trinajstić information content (AvgIpc) is 3.28. The van der Waals surface area contributed by atoms with Crippen LogP contribution in [0.15, 0.2) is 59.5 Å². The standard InChI is InChI=1S/C29H37N3O5/c1-20(2)17-32(18-21-8-9-25-23(13-21)10-12-36-25)28(35)24(31-26(33)15-29(3,4)5)14-27(34)37-19-22-7-6-11-30-16-22/h6-13,16,20,24H,14-15,17-19H2,1-5H3,(H,31,33)/t24-/m0/s1. The number of amides is 2. The Morgan fingerprint density at radius 1 is 1.11 bits per heavy atom. The first-order chi connectivity index (χ1) is 17.5. The molecule has 0 fully saturated rings. The van der Waals surface area contributed by atoms with Crippen LogP contribution in [0.4, 0.5) is 0 Å². The van der Waals surface area contributed by atoms with Gasteiger partial charge in [0.1, 0.15) is 18.2 Å². The Hall–Kier alpha value is -3.68. The fourth-order valence-corrected chi connectivity index (χ4v) is 4.03. The van der Waals surface area contributed by atoms with Gasteiger partial charge in [0, 0.05) is 42.9 Å². The Bertz CT molecular complexity index is 1200. The fourth-order valence-electron chi connectivity index (χ4n) is 4.03. The lowest BCUT2D eigenvalue weighted by atomic mass is 9.91. The van der Waals surface area contributed by atoms with E-state index in [4.69, 9.17) is 9.15 Å². The second-order valence-electron chi connectivity index (χ2n) is 11.0.